The van der Waals surface area contributed by atoms with Crippen molar-refractivity contribution in [3.63, 3.8) is 0 Å². The summed E-state index contributed by atoms with van der Waals surface area (Å²) in [5.41, 5.74) is 2.17. The van der Waals surface area contributed by atoms with Gasteiger partial charge in [-0.15, -0.1) is 0 Å². The van der Waals surface area contributed by atoms with Crippen LogP contribution < -0.4 is 4.74 Å². The fourth-order valence-corrected chi connectivity index (χ4v) is 1.82. The summed E-state index contributed by atoms with van der Waals surface area (Å²) in [6, 6.07) is 5.98. The summed E-state index contributed by atoms with van der Waals surface area (Å²) in [6.45, 7) is 6.84. The third kappa shape index (κ3) is 1.40. The highest BCUT2D eigenvalue weighted by Crippen LogP contribution is 2.40. The van der Waals surface area contributed by atoms with Gasteiger partial charge in [0.15, 0.2) is 0 Å². The minimum absolute atomic E-state index is 0.0649. The predicted octanol–water partition coefficient (Wildman–Crippen LogP) is 2.41. The molecule has 0 bridgehead atoms. The van der Waals surface area contributed by atoms with E-state index in [1.807, 2.05) is 12.1 Å². The van der Waals surface area contributed by atoms with E-state index in [0.717, 1.165) is 11.3 Å². The first kappa shape index (κ1) is 9.53. The molecule has 2 heteroatoms. The second-order valence-electron chi connectivity index (χ2n) is 4.80. The lowest BCUT2D eigenvalue weighted by atomic mass is 9.85. The molecule has 1 aromatic rings. The molecule has 1 aliphatic rings. The van der Waals surface area contributed by atoms with Crippen molar-refractivity contribution in [1.82, 2.24) is 0 Å². The van der Waals surface area contributed by atoms with Gasteiger partial charge in [-0.25, -0.2) is 0 Å². The molecule has 0 saturated heterocycles. The van der Waals surface area contributed by atoms with Gasteiger partial charge in [0, 0.05) is 5.56 Å². The van der Waals surface area contributed by atoms with Gasteiger partial charge in [0.2, 0.25) is 0 Å². The molecule has 14 heavy (non-hydrogen) atoms. The van der Waals surface area contributed by atoms with Crippen LogP contribution in [0.25, 0.3) is 0 Å². The average molecular weight is 192 g/mol. The summed E-state index contributed by atoms with van der Waals surface area (Å²) in [7, 11) is 0. The van der Waals surface area contributed by atoms with Crippen LogP contribution in [0.4, 0.5) is 0 Å². The van der Waals surface area contributed by atoms with Crippen LogP contribution in [0.15, 0.2) is 18.2 Å². The van der Waals surface area contributed by atoms with Crippen molar-refractivity contribution in [1.29, 1.82) is 0 Å². The Labute approximate surface area is 84.5 Å². The van der Waals surface area contributed by atoms with Gasteiger partial charge in [0.25, 0.3) is 0 Å². The number of hydrogen-bond acceptors (Lipinski definition) is 2. The second-order valence-corrected chi connectivity index (χ2v) is 4.80. The highest BCUT2D eigenvalue weighted by atomic mass is 16.5. The van der Waals surface area contributed by atoms with Crippen LogP contribution >= 0.6 is 0 Å². The van der Waals surface area contributed by atoms with Crippen molar-refractivity contribution in [2.75, 3.05) is 6.61 Å². The predicted molar refractivity (Wildman–Crippen MR) is 55.6 cm³/mol. The third-order valence-electron chi connectivity index (χ3n) is 2.60. The van der Waals surface area contributed by atoms with Crippen LogP contribution in [0.5, 0.6) is 5.75 Å². The zero-order valence-electron chi connectivity index (χ0n) is 8.87. The molecule has 0 amide bonds. The van der Waals surface area contributed by atoms with E-state index in [1.54, 1.807) is 0 Å². The Bertz CT molecular complexity index is 350. The maximum Gasteiger partial charge on any atom is 0.129 e. The largest absolute Gasteiger partial charge is 0.490 e. The smallest absolute Gasteiger partial charge is 0.129 e. The highest BCUT2D eigenvalue weighted by Gasteiger charge is 2.28. The molecule has 0 fully saturated rings. The number of benzene rings is 1. The Morgan fingerprint density at radius 3 is 2.71 bits per heavy atom. The molecule has 0 radical (unpaired) electrons. The normalized spacial score (nSPS) is 20.4. The van der Waals surface area contributed by atoms with Crippen molar-refractivity contribution >= 4 is 0 Å². The topological polar surface area (TPSA) is 29.5 Å². The fourth-order valence-electron chi connectivity index (χ4n) is 1.82. The van der Waals surface area contributed by atoms with E-state index in [2.05, 4.69) is 26.8 Å². The van der Waals surface area contributed by atoms with Gasteiger partial charge < -0.3 is 9.84 Å². The van der Waals surface area contributed by atoms with Crippen LogP contribution in [0.1, 0.15) is 38.0 Å². The van der Waals surface area contributed by atoms with Crippen LogP contribution in [0, 0.1) is 0 Å². The molecule has 1 aliphatic heterocycles. The molecular weight excluding hydrogens is 176 g/mol. The molecule has 1 N–H and O–H groups in total. The standard InChI is InChI=1S/C12H16O2/c1-12(2,3)9-6-4-5-8-10(13)7-14-11(8)9/h4-6,10,13H,7H2,1-3H3. The van der Waals surface area contributed by atoms with E-state index in [9.17, 15) is 5.11 Å². The number of aliphatic hydroxyl groups excluding tert-OH is 1. The van der Waals surface area contributed by atoms with Gasteiger partial charge in [-0.1, -0.05) is 39.0 Å². The van der Waals surface area contributed by atoms with E-state index >= 15 is 0 Å². The van der Waals surface area contributed by atoms with Crippen molar-refractivity contribution in [2.24, 2.45) is 0 Å². The second kappa shape index (κ2) is 2.99. The van der Waals surface area contributed by atoms with E-state index in [1.165, 1.54) is 5.56 Å². The molecule has 1 aromatic carbocycles. The number of ether oxygens (including phenoxy) is 1. The lowest BCUT2D eigenvalue weighted by Gasteiger charge is -2.21. The Morgan fingerprint density at radius 1 is 1.36 bits per heavy atom. The summed E-state index contributed by atoms with van der Waals surface area (Å²) >= 11 is 0. The summed E-state index contributed by atoms with van der Waals surface area (Å²) in [5, 5.41) is 9.65. The third-order valence-corrected chi connectivity index (χ3v) is 2.60. The monoisotopic (exact) mass is 192 g/mol. The quantitative estimate of drug-likeness (QED) is 0.684. The minimum Gasteiger partial charge on any atom is -0.490 e. The van der Waals surface area contributed by atoms with Crippen LogP contribution in [-0.2, 0) is 5.41 Å². The summed E-state index contributed by atoms with van der Waals surface area (Å²) < 4.78 is 5.52. The van der Waals surface area contributed by atoms with Crippen LogP contribution in [-0.4, -0.2) is 11.7 Å². The van der Waals surface area contributed by atoms with Gasteiger partial charge in [-0.2, -0.15) is 0 Å². The van der Waals surface area contributed by atoms with E-state index in [4.69, 9.17) is 4.74 Å². The van der Waals surface area contributed by atoms with Crippen LogP contribution in [0.3, 0.4) is 0 Å². The zero-order chi connectivity index (χ0) is 10.3. The molecule has 0 aliphatic carbocycles. The SMILES string of the molecule is CC(C)(C)c1cccc2c1OCC2O. The van der Waals surface area contributed by atoms with Crippen molar-refractivity contribution < 1.29 is 9.84 Å². The van der Waals surface area contributed by atoms with Gasteiger partial charge in [0.05, 0.1) is 0 Å². The van der Waals surface area contributed by atoms with Crippen LogP contribution in [0.2, 0.25) is 0 Å². The van der Waals surface area contributed by atoms with Gasteiger partial charge >= 0.3 is 0 Å². The van der Waals surface area contributed by atoms with Crippen molar-refractivity contribution in [3.8, 4) is 5.75 Å². The Balaban J connectivity index is 2.55. The number of hydrogen-bond donors (Lipinski definition) is 1. The first-order valence-corrected chi connectivity index (χ1v) is 4.94. The molecule has 0 saturated carbocycles. The minimum atomic E-state index is -0.452. The van der Waals surface area contributed by atoms with E-state index < -0.39 is 6.10 Å². The molecule has 76 valence electrons. The Hall–Kier alpha value is -1.02. The lowest BCUT2D eigenvalue weighted by molar-refractivity contribution is 0.140. The molecule has 1 heterocycles. The molecular formula is C12H16O2. The molecule has 0 spiro atoms. The molecule has 1 atom stereocenters. The average Bonchev–Trinajstić information content (AvgIpc) is 2.46. The van der Waals surface area contributed by atoms with Crippen molar-refractivity contribution in [2.45, 2.75) is 32.3 Å². The molecule has 0 aromatic heterocycles. The summed E-state index contributed by atoms with van der Waals surface area (Å²) in [5.74, 6) is 0.882. The summed E-state index contributed by atoms with van der Waals surface area (Å²) in [6.07, 6.45) is -0.452. The van der Waals surface area contributed by atoms with Crippen molar-refractivity contribution in [3.05, 3.63) is 29.3 Å². The fraction of sp³-hybridized carbons (Fsp3) is 0.500. The number of rotatable bonds is 0. The Kier molecular flexibility index (Phi) is 2.04. The first-order chi connectivity index (χ1) is 6.50. The van der Waals surface area contributed by atoms with Gasteiger partial charge in [0.1, 0.15) is 18.5 Å². The molecule has 1 unspecified atom stereocenters. The number of fused-ring (bicyclic) bond motifs is 1. The van der Waals surface area contributed by atoms with E-state index in [0.29, 0.717) is 6.61 Å². The number of para-hydroxylation sites is 1. The maximum absolute atomic E-state index is 9.65. The van der Waals surface area contributed by atoms with E-state index in [-0.39, 0.29) is 5.41 Å². The summed E-state index contributed by atoms with van der Waals surface area (Å²) in [4.78, 5) is 0. The lowest BCUT2D eigenvalue weighted by Crippen LogP contribution is -2.12. The molecule has 2 nitrogen and oxygen atoms in total. The van der Waals surface area contributed by atoms with Gasteiger partial charge in [-0.05, 0) is 11.0 Å². The Morgan fingerprint density at radius 2 is 2.07 bits per heavy atom. The molecule has 2 rings (SSSR count). The maximum atomic E-state index is 9.65. The highest BCUT2D eigenvalue weighted by molar-refractivity contribution is 5.48. The number of aliphatic hydroxyl groups is 1. The first-order valence-electron chi connectivity index (χ1n) is 4.94. The zero-order valence-corrected chi connectivity index (χ0v) is 8.87. The van der Waals surface area contributed by atoms with Gasteiger partial charge in [-0.3, -0.25) is 0 Å².